The first-order chi connectivity index (χ1) is 7.33. The van der Waals surface area contributed by atoms with E-state index < -0.39 is 0 Å². The summed E-state index contributed by atoms with van der Waals surface area (Å²) in [6, 6.07) is 0. The summed E-state index contributed by atoms with van der Waals surface area (Å²) < 4.78 is 5.31. The lowest BCUT2D eigenvalue weighted by Crippen LogP contribution is -2.54. The van der Waals surface area contributed by atoms with Crippen molar-refractivity contribution in [1.29, 1.82) is 0 Å². The Morgan fingerprint density at radius 3 is 2.31 bits per heavy atom. The maximum absolute atomic E-state index is 5.91. The maximum atomic E-state index is 5.91. The Morgan fingerprint density at radius 2 is 1.94 bits per heavy atom. The maximum Gasteiger partial charge on any atom is 0.0656 e. The molecule has 0 bridgehead atoms. The molecule has 2 unspecified atom stereocenters. The van der Waals surface area contributed by atoms with Crippen LogP contribution < -0.4 is 5.73 Å². The van der Waals surface area contributed by atoms with Gasteiger partial charge in [0.25, 0.3) is 0 Å². The molecule has 3 heteroatoms. The van der Waals surface area contributed by atoms with Crippen LogP contribution in [-0.4, -0.2) is 43.8 Å². The van der Waals surface area contributed by atoms with Gasteiger partial charge in [-0.25, -0.2) is 0 Å². The van der Waals surface area contributed by atoms with Gasteiger partial charge in [0, 0.05) is 20.2 Å². The molecule has 1 aliphatic heterocycles. The van der Waals surface area contributed by atoms with Crippen LogP contribution in [0.25, 0.3) is 0 Å². The van der Waals surface area contributed by atoms with Gasteiger partial charge in [-0.15, -0.1) is 0 Å². The fourth-order valence-electron chi connectivity index (χ4n) is 2.55. The number of rotatable bonds is 4. The Hall–Kier alpha value is -0.120. The zero-order valence-corrected chi connectivity index (χ0v) is 11.5. The Morgan fingerprint density at radius 1 is 1.31 bits per heavy atom. The molecule has 0 saturated carbocycles. The van der Waals surface area contributed by atoms with Crippen molar-refractivity contribution in [3.63, 3.8) is 0 Å². The molecule has 1 rings (SSSR count). The molecular formula is C13H28N2O. The number of nitrogens with two attached hydrogens (primary N) is 1. The lowest BCUT2D eigenvalue weighted by molar-refractivity contribution is 0.0361. The Bertz CT molecular complexity index is 224. The summed E-state index contributed by atoms with van der Waals surface area (Å²) in [5, 5.41) is 0. The minimum absolute atomic E-state index is 0.00868. The van der Waals surface area contributed by atoms with E-state index in [0.29, 0.717) is 12.0 Å². The summed E-state index contributed by atoms with van der Waals surface area (Å²) in [7, 11) is 1.76. The SMILES string of the molecule is COCC(C)(CN)N1CCC(C(C)(C)C)C1. The van der Waals surface area contributed by atoms with E-state index in [2.05, 4.69) is 32.6 Å². The molecule has 0 aromatic rings. The van der Waals surface area contributed by atoms with Crippen LogP contribution in [0.15, 0.2) is 0 Å². The highest BCUT2D eigenvalue weighted by Gasteiger charge is 2.39. The Kier molecular flexibility index (Phi) is 4.38. The molecule has 0 aromatic heterocycles. The minimum atomic E-state index is 0.00868. The first kappa shape index (κ1) is 13.9. The van der Waals surface area contributed by atoms with Gasteiger partial charge in [0.05, 0.1) is 12.1 Å². The number of nitrogens with zero attached hydrogens (tertiary/aromatic N) is 1. The minimum Gasteiger partial charge on any atom is -0.383 e. The zero-order valence-electron chi connectivity index (χ0n) is 11.5. The molecule has 0 radical (unpaired) electrons. The second kappa shape index (κ2) is 5.03. The second-order valence-electron chi connectivity index (χ2n) is 6.43. The molecule has 0 amide bonds. The van der Waals surface area contributed by atoms with Gasteiger partial charge in [-0.05, 0) is 31.2 Å². The predicted octanol–water partition coefficient (Wildman–Crippen LogP) is 1.72. The molecule has 1 heterocycles. The van der Waals surface area contributed by atoms with Crippen LogP contribution in [0.1, 0.15) is 34.1 Å². The zero-order chi connectivity index (χ0) is 12.4. The van der Waals surface area contributed by atoms with E-state index in [-0.39, 0.29) is 5.54 Å². The first-order valence-electron chi connectivity index (χ1n) is 6.27. The standard InChI is InChI=1S/C13H28N2O/c1-12(2,3)11-6-7-15(8-11)13(4,9-14)10-16-5/h11H,6-10,14H2,1-5H3. The molecule has 2 N–H and O–H groups in total. The van der Waals surface area contributed by atoms with Crippen molar-refractivity contribution in [2.75, 3.05) is 33.4 Å². The molecule has 0 spiro atoms. The van der Waals surface area contributed by atoms with Gasteiger partial charge < -0.3 is 10.5 Å². The molecule has 1 saturated heterocycles. The van der Waals surface area contributed by atoms with Crippen LogP contribution >= 0.6 is 0 Å². The van der Waals surface area contributed by atoms with Crippen LogP contribution in [0.3, 0.4) is 0 Å². The number of likely N-dealkylation sites (tertiary alicyclic amines) is 1. The Balaban J connectivity index is 2.64. The van der Waals surface area contributed by atoms with Crippen LogP contribution in [0.5, 0.6) is 0 Å². The van der Waals surface area contributed by atoms with Gasteiger partial charge >= 0.3 is 0 Å². The summed E-state index contributed by atoms with van der Waals surface area (Å²) in [6.07, 6.45) is 1.28. The summed E-state index contributed by atoms with van der Waals surface area (Å²) in [4.78, 5) is 2.51. The third-order valence-electron chi connectivity index (χ3n) is 4.07. The normalized spacial score (nSPS) is 27.0. The van der Waals surface area contributed by atoms with Crippen molar-refractivity contribution in [1.82, 2.24) is 4.90 Å². The quantitative estimate of drug-likeness (QED) is 0.796. The fraction of sp³-hybridized carbons (Fsp3) is 1.00. The van der Waals surface area contributed by atoms with Crippen LogP contribution in [-0.2, 0) is 4.74 Å². The van der Waals surface area contributed by atoms with Gasteiger partial charge in [-0.1, -0.05) is 20.8 Å². The van der Waals surface area contributed by atoms with E-state index in [0.717, 1.165) is 25.6 Å². The molecule has 2 atom stereocenters. The average Bonchev–Trinajstić information content (AvgIpc) is 2.66. The first-order valence-corrected chi connectivity index (χ1v) is 6.27. The third-order valence-corrected chi connectivity index (χ3v) is 4.07. The largest absolute Gasteiger partial charge is 0.383 e. The molecule has 0 aromatic carbocycles. The summed E-state index contributed by atoms with van der Waals surface area (Å²) in [5.74, 6) is 0.773. The van der Waals surface area contributed by atoms with Gasteiger partial charge in [-0.3, -0.25) is 4.90 Å². The van der Waals surface area contributed by atoms with E-state index in [9.17, 15) is 0 Å². The fourth-order valence-corrected chi connectivity index (χ4v) is 2.55. The third kappa shape index (κ3) is 2.96. The van der Waals surface area contributed by atoms with Crippen molar-refractivity contribution >= 4 is 0 Å². The van der Waals surface area contributed by atoms with Gasteiger partial charge in [0.2, 0.25) is 0 Å². The van der Waals surface area contributed by atoms with Crippen LogP contribution in [0.4, 0.5) is 0 Å². The average molecular weight is 228 g/mol. The summed E-state index contributed by atoms with van der Waals surface area (Å²) in [5.41, 5.74) is 6.31. The van der Waals surface area contributed by atoms with E-state index >= 15 is 0 Å². The molecule has 16 heavy (non-hydrogen) atoms. The predicted molar refractivity (Wildman–Crippen MR) is 68.5 cm³/mol. The highest BCUT2D eigenvalue weighted by molar-refractivity contribution is 4.94. The van der Waals surface area contributed by atoms with E-state index in [4.69, 9.17) is 10.5 Å². The summed E-state index contributed by atoms with van der Waals surface area (Å²) in [6.45, 7) is 12.9. The van der Waals surface area contributed by atoms with E-state index in [1.807, 2.05) is 0 Å². The topological polar surface area (TPSA) is 38.5 Å². The van der Waals surface area contributed by atoms with Gasteiger partial charge in [0.1, 0.15) is 0 Å². The Labute approximate surface area is 100 Å². The molecule has 3 nitrogen and oxygen atoms in total. The van der Waals surface area contributed by atoms with Crippen molar-refractivity contribution in [2.45, 2.75) is 39.7 Å². The summed E-state index contributed by atoms with van der Waals surface area (Å²) >= 11 is 0. The lowest BCUT2D eigenvalue weighted by atomic mass is 9.80. The van der Waals surface area contributed by atoms with E-state index in [1.54, 1.807) is 7.11 Å². The number of methoxy groups -OCH3 is 1. The van der Waals surface area contributed by atoms with Crippen molar-refractivity contribution in [3.05, 3.63) is 0 Å². The van der Waals surface area contributed by atoms with E-state index in [1.165, 1.54) is 6.42 Å². The highest BCUT2D eigenvalue weighted by Crippen LogP contribution is 2.36. The van der Waals surface area contributed by atoms with Crippen molar-refractivity contribution in [2.24, 2.45) is 17.1 Å². The number of hydrogen-bond donors (Lipinski definition) is 1. The van der Waals surface area contributed by atoms with Crippen LogP contribution in [0.2, 0.25) is 0 Å². The molecule has 1 fully saturated rings. The van der Waals surface area contributed by atoms with Gasteiger partial charge in [0.15, 0.2) is 0 Å². The van der Waals surface area contributed by atoms with Crippen molar-refractivity contribution in [3.8, 4) is 0 Å². The number of ether oxygens (including phenoxy) is 1. The lowest BCUT2D eigenvalue weighted by Gasteiger charge is -2.38. The van der Waals surface area contributed by atoms with Crippen LogP contribution in [0, 0.1) is 11.3 Å². The van der Waals surface area contributed by atoms with Crippen molar-refractivity contribution < 1.29 is 4.74 Å². The number of hydrogen-bond acceptors (Lipinski definition) is 3. The molecule has 0 aliphatic carbocycles. The molecular weight excluding hydrogens is 200 g/mol. The highest BCUT2D eigenvalue weighted by atomic mass is 16.5. The monoisotopic (exact) mass is 228 g/mol. The van der Waals surface area contributed by atoms with Gasteiger partial charge in [-0.2, -0.15) is 0 Å². The molecule has 1 aliphatic rings. The smallest absolute Gasteiger partial charge is 0.0656 e. The second-order valence-corrected chi connectivity index (χ2v) is 6.43. The molecule has 96 valence electrons.